The maximum absolute atomic E-state index is 14.1. The summed E-state index contributed by atoms with van der Waals surface area (Å²) in [6.07, 6.45) is -4.62. The molecule has 49 heavy (non-hydrogen) atoms. The fourth-order valence-electron chi connectivity index (χ4n) is 6.19. The van der Waals surface area contributed by atoms with Gasteiger partial charge in [-0.05, 0) is 61.9 Å². The summed E-state index contributed by atoms with van der Waals surface area (Å²) in [6.45, 7) is 5.01. The van der Waals surface area contributed by atoms with E-state index in [9.17, 15) is 42.5 Å². The number of rotatable bonds is 9. The third-order valence-corrected chi connectivity index (χ3v) is 11.1. The van der Waals surface area contributed by atoms with E-state index in [1.54, 1.807) is 0 Å². The van der Waals surface area contributed by atoms with Crippen LogP contribution in [0.2, 0.25) is 0 Å². The van der Waals surface area contributed by atoms with Crippen LogP contribution in [0, 0.1) is 16.0 Å². The standard InChI is InChI=1S/C33H28F3N5O6S2/c1-3-38(4-2)21-10-8-18(9-11-21)25-26-27(30(44)40(29(26)43)22-12-14-23(15-13-22)41(46)47)48-31-28(25)49-32(45)39(31)17-24(42)37-20-7-5-6-19(16-20)33(34,35)36/h5-16,25-27H,3-4,17H2,1-2H3,(H,37,42)/t25-,26?,27?/m1/s1. The van der Waals surface area contributed by atoms with Gasteiger partial charge in [0, 0.05) is 47.4 Å². The highest BCUT2D eigenvalue weighted by Gasteiger charge is 2.57. The first-order chi connectivity index (χ1) is 23.3. The van der Waals surface area contributed by atoms with Crippen LogP contribution >= 0.6 is 23.1 Å². The van der Waals surface area contributed by atoms with Gasteiger partial charge in [0.25, 0.3) is 5.69 Å². The van der Waals surface area contributed by atoms with Crippen molar-refractivity contribution in [3.05, 3.63) is 109 Å². The Morgan fingerprint density at radius 1 is 0.980 bits per heavy atom. The Bertz CT molecular complexity index is 2010. The van der Waals surface area contributed by atoms with Gasteiger partial charge in [0.05, 0.1) is 27.1 Å². The zero-order valence-corrected chi connectivity index (χ0v) is 27.6. The second kappa shape index (κ2) is 13.2. The van der Waals surface area contributed by atoms with E-state index in [1.165, 1.54) is 34.9 Å². The summed E-state index contributed by atoms with van der Waals surface area (Å²) in [5, 5.41) is 12.9. The Hall–Kier alpha value is -4.96. The van der Waals surface area contributed by atoms with Gasteiger partial charge >= 0.3 is 11.0 Å². The largest absolute Gasteiger partial charge is 0.416 e. The first-order valence-corrected chi connectivity index (χ1v) is 16.9. The van der Waals surface area contributed by atoms with E-state index in [2.05, 4.69) is 10.2 Å². The van der Waals surface area contributed by atoms with Gasteiger partial charge in [-0.25, -0.2) is 4.90 Å². The zero-order valence-electron chi connectivity index (χ0n) is 26.0. The highest BCUT2D eigenvalue weighted by atomic mass is 32.2. The number of carbonyl (C=O) groups excluding carboxylic acids is 3. The number of thiazole rings is 1. The average molecular weight is 712 g/mol. The Labute approximate surface area is 285 Å². The Kier molecular flexibility index (Phi) is 9.11. The number of non-ortho nitro benzene ring substituents is 1. The molecule has 2 unspecified atom stereocenters. The molecule has 0 radical (unpaired) electrons. The molecule has 2 aliphatic heterocycles. The van der Waals surface area contributed by atoms with E-state index in [1.807, 2.05) is 38.1 Å². The van der Waals surface area contributed by atoms with Crippen molar-refractivity contribution >= 4 is 63.6 Å². The lowest BCUT2D eigenvalue weighted by Crippen LogP contribution is -2.33. The summed E-state index contributed by atoms with van der Waals surface area (Å²) in [4.78, 5) is 68.3. The number of alkyl halides is 3. The number of hydrogen-bond donors (Lipinski definition) is 1. The molecule has 1 aromatic heterocycles. The van der Waals surface area contributed by atoms with Crippen molar-refractivity contribution in [2.75, 3.05) is 28.2 Å². The van der Waals surface area contributed by atoms with Crippen molar-refractivity contribution in [2.45, 2.75) is 42.8 Å². The number of aromatic nitrogens is 1. The van der Waals surface area contributed by atoms with E-state index in [0.29, 0.717) is 15.5 Å². The van der Waals surface area contributed by atoms with Crippen LogP contribution in [0.5, 0.6) is 0 Å². The van der Waals surface area contributed by atoms with Crippen LogP contribution in [-0.4, -0.2) is 45.6 Å². The van der Waals surface area contributed by atoms with Crippen LogP contribution in [0.25, 0.3) is 0 Å². The SMILES string of the molecule is CCN(CC)c1ccc([C@H]2c3sc(=O)n(CC(=O)Nc4cccc(C(F)(F)F)c4)c3SC3C(=O)N(c4ccc([N+](=O)[O-])cc4)C(=O)C32)cc1. The van der Waals surface area contributed by atoms with E-state index in [4.69, 9.17) is 0 Å². The number of anilines is 3. The minimum Gasteiger partial charge on any atom is -0.372 e. The van der Waals surface area contributed by atoms with Crippen LogP contribution in [0.1, 0.15) is 35.8 Å². The second-order valence-electron chi connectivity index (χ2n) is 11.3. The van der Waals surface area contributed by atoms with Crippen molar-refractivity contribution in [3.63, 3.8) is 0 Å². The van der Waals surface area contributed by atoms with E-state index < -0.39 is 62.9 Å². The van der Waals surface area contributed by atoms with Gasteiger partial charge in [0.15, 0.2) is 0 Å². The first-order valence-electron chi connectivity index (χ1n) is 15.2. The number of carbonyl (C=O) groups is 3. The first kappa shape index (κ1) is 33.9. The molecule has 254 valence electrons. The molecular formula is C33H28F3N5O6S2. The molecular weight excluding hydrogens is 684 g/mol. The topological polar surface area (TPSA) is 135 Å². The number of hydrogen-bond acceptors (Lipinski definition) is 9. The number of nitro benzene ring substituents is 1. The van der Waals surface area contributed by atoms with E-state index in [-0.39, 0.29) is 17.1 Å². The molecule has 0 spiro atoms. The highest BCUT2D eigenvalue weighted by molar-refractivity contribution is 8.00. The van der Waals surface area contributed by atoms with E-state index in [0.717, 1.165) is 65.0 Å². The number of nitrogens with one attached hydrogen (secondary N) is 1. The Morgan fingerprint density at radius 2 is 1.65 bits per heavy atom. The number of imide groups is 1. The maximum atomic E-state index is 14.1. The number of amides is 3. The van der Waals surface area contributed by atoms with Crippen molar-refractivity contribution in [1.29, 1.82) is 0 Å². The van der Waals surface area contributed by atoms with Crippen molar-refractivity contribution in [3.8, 4) is 0 Å². The lowest BCUT2D eigenvalue weighted by Gasteiger charge is -2.31. The molecule has 16 heteroatoms. The number of nitrogens with zero attached hydrogens (tertiary/aromatic N) is 4. The molecule has 11 nitrogen and oxygen atoms in total. The van der Waals surface area contributed by atoms with Crippen molar-refractivity contribution in [2.24, 2.45) is 5.92 Å². The van der Waals surface area contributed by atoms with Gasteiger partial charge < -0.3 is 10.2 Å². The molecule has 2 aliphatic rings. The quantitative estimate of drug-likeness (QED) is 0.125. The van der Waals surface area contributed by atoms with Gasteiger partial charge in [-0.3, -0.25) is 33.9 Å². The molecule has 0 saturated carbocycles. The normalized spacial score (nSPS) is 18.6. The summed E-state index contributed by atoms with van der Waals surface area (Å²) in [5.74, 6) is -3.56. The molecule has 1 N–H and O–H groups in total. The lowest BCUT2D eigenvalue weighted by atomic mass is 9.83. The van der Waals surface area contributed by atoms with Crippen molar-refractivity contribution in [1.82, 2.24) is 4.57 Å². The van der Waals surface area contributed by atoms with Gasteiger partial charge in [-0.2, -0.15) is 13.2 Å². The van der Waals surface area contributed by atoms with Gasteiger partial charge in [0.1, 0.15) is 11.8 Å². The molecule has 3 aromatic carbocycles. The predicted molar refractivity (Wildman–Crippen MR) is 179 cm³/mol. The van der Waals surface area contributed by atoms with Crippen LogP contribution in [0.4, 0.5) is 35.9 Å². The van der Waals surface area contributed by atoms with Gasteiger partial charge in [-0.1, -0.05) is 41.3 Å². The number of thioether (sulfide) groups is 1. The molecule has 0 aliphatic carbocycles. The number of nitro groups is 1. The predicted octanol–water partition coefficient (Wildman–Crippen LogP) is 6.12. The molecule has 3 atom stereocenters. The summed E-state index contributed by atoms with van der Waals surface area (Å²) >= 11 is 1.82. The van der Waals surface area contributed by atoms with Crippen molar-refractivity contribution < 1.29 is 32.5 Å². The van der Waals surface area contributed by atoms with E-state index >= 15 is 0 Å². The highest BCUT2D eigenvalue weighted by Crippen LogP contribution is 2.54. The Balaban J connectivity index is 1.38. The monoisotopic (exact) mass is 711 g/mol. The van der Waals surface area contributed by atoms with Gasteiger partial charge in [-0.15, -0.1) is 0 Å². The zero-order chi connectivity index (χ0) is 35.2. The second-order valence-corrected chi connectivity index (χ2v) is 13.5. The van der Waals surface area contributed by atoms with Crippen LogP contribution in [0.3, 0.4) is 0 Å². The van der Waals surface area contributed by atoms with Crippen LogP contribution in [-0.2, 0) is 27.1 Å². The molecule has 6 rings (SSSR count). The molecule has 3 heterocycles. The average Bonchev–Trinajstić information content (AvgIpc) is 3.51. The number of fused-ring (bicyclic) bond motifs is 2. The molecule has 0 bridgehead atoms. The molecule has 1 saturated heterocycles. The molecule has 4 aromatic rings. The van der Waals surface area contributed by atoms with Gasteiger partial charge in [0.2, 0.25) is 17.7 Å². The third-order valence-electron chi connectivity index (χ3n) is 8.52. The van der Waals surface area contributed by atoms with Crippen LogP contribution < -0.4 is 20.0 Å². The summed E-state index contributed by atoms with van der Waals surface area (Å²) in [6, 6.07) is 16.7. The minimum atomic E-state index is -4.62. The third kappa shape index (κ3) is 6.33. The fourth-order valence-corrected chi connectivity index (χ4v) is 8.96. The lowest BCUT2D eigenvalue weighted by molar-refractivity contribution is -0.384. The summed E-state index contributed by atoms with van der Waals surface area (Å²) < 4.78 is 40.9. The minimum absolute atomic E-state index is 0.105. The summed E-state index contributed by atoms with van der Waals surface area (Å²) in [5.41, 5.74) is 0.498. The summed E-state index contributed by atoms with van der Waals surface area (Å²) in [7, 11) is 0. The maximum Gasteiger partial charge on any atom is 0.416 e. The molecule has 1 fully saturated rings. The fraction of sp³-hybridized carbons (Fsp3) is 0.273. The smallest absolute Gasteiger partial charge is 0.372 e. The number of halogens is 3. The Morgan fingerprint density at radius 3 is 2.27 bits per heavy atom. The number of benzene rings is 3. The molecule has 3 amide bonds. The van der Waals surface area contributed by atoms with Crippen LogP contribution in [0.15, 0.2) is 82.6 Å².